The van der Waals surface area contributed by atoms with E-state index in [0.717, 1.165) is 0 Å². The molecular weight excluding hydrogens is 340 g/mol. The van der Waals surface area contributed by atoms with Gasteiger partial charge in [-0.3, -0.25) is 14.9 Å². The van der Waals surface area contributed by atoms with Crippen molar-refractivity contribution in [1.29, 1.82) is 0 Å². The summed E-state index contributed by atoms with van der Waals surface area (Å²) in [6, 6.07) is 8.23. The molecule has 0 bridgehead atoms. The fraction of sp³-hybridized carbons (Fsp3) is 0.176. The molecule has 0 radical (unpaired) electrons. The molecule has 2 aromatic rings. The Hall–Kier alpha value is -3.62. The second kappa shape index (κ2) is 6.03. The summed E-state index contributed by atoms with van der Waals surface area (Å²) in [5.41, 5.74) is 1.52. The Kier molecular flexibility index (Phi) is 3.68. The van der Waals surface area contributed by atoms with E-state index in [1.165, 1.54) is 18.4 Å². The van der Waals surface area contributed by atoms with Crippen molar-refractivity contribution < 1.29 is 18.9 Å². The number of furan rings is 1. The van der Waals surface area contributed by atoms with E-state index in [9.17, 15) is 19.7 Å². The van der Waals surface area contributed by atoms with Gasteiger partial charge in [0.15, 0.2) is 0 Å². The molecule has 2 N–H and O–H groups in total. The van der Waals surface area contributed by atoms with Crippen LogP contribution in [0.25, 0.3) is 0 Å². The third kappa shape index (κ3) is 2.69. The van der Waals surface area contributed by atoms with Gasteiger partial charge in [0.25, 0.3) is 11.6 Å². The van der Waals surface area contributed by atoms with Crippen LogP contribution < -0.4 is 10.6 Å². The highest BCUT2D eigenvalue weighted by molar-refractivity contribution is 6.01. The normalized spacial score (nSPS) is 19.2. The lowest BCUT2D eigenvalue weighted by Gasteiger charge is -2.25. The van der Waals surface area contributed by atoms with Crippen LogP contribution in [-0.4, -0.2) is 28.3 Å². The third-order valence-corrected chi connectivity index (χ3v) is 4.38. The summed E-state index contributed by atoms with van der Waals surface area (Å²) in [5.74, 6) is 0.427. The monoisotopic (exact) mass is 354 g/mol. The van der Waals surface area contributed by atoms with E-state index in [1.54, 1.807) is 29.2 Å². The number of hydrogen-bond acceptors (Lipinski definition) is 5. The standard InChI is InChI=1S/C17H14N4O5/c22-16-14-13(9-20(16)8-12-2-1-7-26-12)18-17(23)19-15(14)10-3-5-11(6-4-10)21(24)25/h1-7,15H,8-9H2,(H2,18,19,23). The molecule has 132 valence electrons. The smallest absolute Gasteiger partial charge is 0.319 e. The van der Waals surface area contributed by atoms with Gasteiger partial charge in [-0.15, -0.1) is 0 Å². The van der Waals surface area contributed by atoms with E-state index < -0.39 is 17.0 Å². The van der Waals surface area contributed by atoms with Crippen molar-refractivity contribution in [3.63, 3.8) is 0 Å². The maximum Gasteiger partial charge on any atom is 0.319 e. The number of carbonyl (C=O) groups excluding carboxylic acids is 2. The maximum absolute atomic E-state index is 12.9. The quantitative estimate of drug-likeness (QED) is 0.642. The summed E-state index contributed by atoms with van der Waals surface area (Å²) < 4.78 is 5.29. The minimum Gasteiger partial charge on any atom is -0.467 e. The number of nitrogens with zero attached hydrogens (tertiary/aromatic N) is 2. The highest BCUT2D eigenvalue weighted by Gasteiger charge is 2.40. The molecule has 0 spiro atoms. The minimum absolute atomic E-state index is 0.0552. The van der Waals surface area contributed by atoms with Crippen LogP contribution in [-0.2, 0) is 11.3 Å². The van der Waals surface area contributed by atoms with Gasteiger partial charge >= 0.3 is 6.03 Å². The molecule has 3 heterocycles. The molecule has 9 heteroatoms. The van der Waals surface area contributed by atoms with Gasteiger partial charge in [0.2, 0.25) is 0 Å². The molecule has 1 atom stereocenters. The highest BCUT2D eigenvalue weighted by Crippen LogP contribution is 2.33. The van der Waals surface area contributed by atoms with E-state index in [4.69, 9.17) is 4.42 Å². The molecule has 0 fully saturated rings. The molecule has 1 aromatic heterocycles. The molecule has 4 rings (SSSR count). The van der Waals surface area contributed by atoms with Gasteiger partial charge in [-0.25, -0.2) is 4.79 Å². The second-order valence-electron chi connectivity index (χ2n) is 6.01. The average molecular weight is 354 g/mol. The number of hydrogen-bond donors (Lipinski definition) is 2. The van der Waals surface area contributed by atoms with Crippen molar-refractivity contribution in [2.24, 2.45) is 0 Å². The van der Waals surface area contributed by atoms with Gasteiger partial charge in [0.05, 0.1) is 41.6 Å². The molecule has 1 unspecified atom stereocenters. The van der Waals surface area contributed by atoms with Gasteiger partial charge in [0, 0.05) is 12.1 Å². The lowest BCUT2D eigenvalue weighted by atomic mass is 9.96. The largest absolute Gasteiger partial charge is 0.467 e. The number of urea groups is 1. The van der Waals surface area contributed by atoms with Gasteiger partial charge in [-0.1, -0.05) is 0 Å². The lowest BCUT2D eigenvalue weighted by Crippen LogP contribution is -2.44. The van der Waals surface area contributed by atoms with E-state index in [2.05, 4.69) is 10.6 Å². The lowest BCUT2D eigenvalue weighted by molar-refractivity contribution is -0.384. The Bertz CT molecular complexity index is 917. The van der Waals surface area contributed by atoms with Gasteiger partial charge < -0.3 is 20.0 Å². The van der Waals surface area contributed by atoms with Crippen molar-refractivity contribution in [3.8, 4) is 0 Å². The predicted octanol–water partition coefficient (Wildman–Crippen LogP) is 1.84. The number of carbonyl (C=O) groups is 2. The highest BCUT2D eigenvalue weighted by atomic mass is 16.6. The SMILES string of the molecule is O=C1NC2=C(C(=O)N(Cc3ccco3)C2)C(c2ccc([N+](=O)[O-])cc2)N1. The summed E-state index contributed by atoms with van der Waals surface area (Å²) >= 11 is 0. The Morgan fingerprint density at radius 1 is 1.23 bits per heavy atom. The zero-order chi connectivity index (χ0) is 18.3. The van der Waals surface area contributed by atoms with Crippen molar-refractivity contribution in [2.75, 3.05) is 6.54 Å². The van der Waals surface area contributed by atoms with Crippen LogP contribution in [0.15, 0.2) is 58.3 Å². The van der Waals surface area contributed by atoms with E-state index >= 15 is 0 Å². The minimum atomic E-state index is -0.659. The number of nitro groups is 1. The van der Waals surface area contributed by atoms with Crippen LogP contribution in [0.2, 0.25) is 0 Å². The van der Waals surface area contributed by atoms with E-state index in [-0.39, 0.29) is 18.1 Å². The summed E-state index contributed by atoms with van der Waals surface area (Å²) in [7, 11) is 0. The number of nitrogens with one attached hydrogen (secondary N) is 2. The van der Waals surface area contributed by atoms with Crippen molar-refractivity contribution in [2.45, 2.75) is 12.6 Å². The molecule has 3 amide bonds. The fourth-order valence-electron chi connectivity index (χ4n) is 3.19. The van der Waals surface area contributed by atoms with E-state index in [1.807, 2.05) is 0 Å². The number of amides is 3. The molecule has 0 saturated heterocycles. The molecular formula is C17H14N4O5. The van der Waals surface area contributed by atoms with Gasteiger partial charge in [-0.2, -0.15) is 0 Å². The van der Waals surface area contributed by atoms with Crippen LogP contribution in [0.4, 0.5) is 10.5 Å². The number of benzene rings is 1. The van der Waals surface area contributed by atoms with Gasteiger partial charge in [0.1, 0.15) is 5.76 Å². The Morgan fingerprint density at radius 3 is 2.65 bits per heavy atom. The van der Waals surface area contributed by atoms with Crippen LogP contribution in [0.1, 0.15) is 17.4 Å². The van der Waals surface area contributed by atoms with Crippen LogP contribution in [0, 0.1) is 10.1 Å². The Morgan fingerprint density at radius 2 is 2.00 bits per heavy atom. The number of rotatable bonds is 4. The average Bonchev–Trinajstić information content (AvgIpc) is 3.23. The predicted molar refractivity (Wildman–Crippen MR) is 88.7 cm³/mol. The molecule has 26 heavy (non-hydrogen) atoms. The topological polar surface area (TPSA) is 118 Å². The fourth-order valence-corrected chi connectivity index (χ4v) is 3.19. The summed E-state index contributed by atoms with van der Waals surface area (Å²) in [6.45, 7) is 0.563. The van der Waals surface area contributed by atoms with Crippen LogP contribution in [0.5, 0.6) is 0 Å². The van der Waals surface area contributed by atoms with Crippen molar-refractivity contribution in [3.05, 3.63) is 75.4 Å². The van der Waals surface area contributed by atoms with Crippen LogP contribution in [0.3, 0.4) is 0 Å². The van der Waals surface area contributed by atoms with Crippen molar-refractivity contribution >= 4 is 17.6 Å². The molecule has 2 aliphatic heterocycles. The number of non-ortho nitro benzene ring substituents is 1. The molecule has 1 aromatic carbocycles. The summed E-state index contributed by atoms with van der Waals surface area (Å²) in [4.78, 5) is 36.7. The molecule has 2 aliphatic rings. The number of nitro benzene ring substituents is 1. The zero-order valence-electron chi connectivity index (χ0n) is 13.5. The first-order valence-corrected chi connectivity index (χ1v) is 7.89. The van der Waals surface area contributed by atoms with Gasteiger partial charge in [-0.05, 0) is 29.8 Å². The zero-order valence-corrected chi connectivity index (χ0v) is 13.5. The molecule has 9 nitrogen and oxygen atoms in total. The second-order valence-corrected chi connectivity index (χ2v) is 6.01. The molecule has 0 aliphatic carbocycles. The third-order valence-electron chi connectivity index (χ3n) is 4.38. The first-order valence-electron chi connectivity index (χ1n) is 7.89. The van der Waals surface area contributed by atoms with Crippen molar-refractivity contribution in [1.82, 2.24) is 15.5 Å². The van der Waals surface area contributed by atoms with E-state index in [0.29, 0.717) is 29.1 Å². The van der Waals surface area contributed by atoms with Crippen LogP contribution >= 0.6 is 0 Å². The maximum atomic E-state index is 12.9. The first kappa shape index (κ1) is 15.9. The summed E-state index contributed by atoms with van der Waals surface area (Å²) in [5, 5.41) is 16.2. The Labute approximate surface area is 147 Å². The molecule has 0 saturated carbocycles. The first-order chi connectivity index (χ1) is 12.5. The Balaban J connectivity index is 1.63. The summed E-state index contributed by atoms with van der Waals surface area (Å²) in [6.07, 6.45) is 1.53.